The van der Waals surface area contributed by atoms with Crippen molar-refractivity contribution in [3.8, 4) is 5.75 Å². The maximum absolute atomic E-state index is 13.7. The third-order valence-electron chi connectivity index (χ3n) is 5.57. The summed E-state index contributed by atoms with van der Waals surface area (Å²) < 4.78 is 57.6. The molecule has 0 saturated heterocycles. The van der Waals surface area contributed by atoms with Crippen molar-refractivity contribution in [1.82, 2.24) is 10.2 Å². The van der Waals surface area contributed by atoms with Crippen molar-refractivity contribution in [3.63, 3.8) is 0 Å². The number of benzene rings is 2. The molecule has 0 radical (unpaired) electrons. The highest BCUT2D eigenvalue weighted by Crippen LogP contribution is 2.22. The smallest absolute Gasteiger partial charge is 0.242 e. The first-order valence-corrected chi connectivity index (χ1v) is 13.5. The van der Waals surface area contributed by atoms with Crippen LogP contribution in [0.2, 0.25) is 0 Å². The summed E-state index contributed by atoms with van der Waals surface area (Å²) in [6.07, 6.45) is 1.74. The van der Waals surface area contributed by atoms with Crippen LogP contribution in [0, 0.1) is 11.6 Å². The van der Waals surface area contributed by atoms with E-state index in [1.54, 1.807) is 38.3 Å². The quantitative estimate of drug-likeness (QED) is 0.432. The number of halogens is 2. The Bertz CT molecular complexity index is 1140. The fourth-order valence-electron chi connectivity index (χ4n) is 3.55. The molecule has 0 spiro atoms. The molecule has 2 amide bonds. The van der Waals surface area contributed by atoms with Crippen molar-refractivity contribution in [2.24, 2.45) is 0 Å². The summed E-state index contributed by atoms with van der Waals surface area (Å²) in [7, 11) is -2.27. The van der Waals surface area contributed by atoms with E-state index in [0.717, 1.165) is 40.7 Å². The molecule has 0 unspecified atom stereocenters. The fraction of sp³-hybridized carbons (Fsp3) is 0.440. The number of nitrogens with zero attached hydrogens (tertiary/aromatic N) is 2. The van der Waals surface area contributed by atoms with Gasteiger partial charge in [0.05, 0.1) is 19.1 Å². The largest absolute Gasteiger partial charge is 0.497 e. The van der Waals surface area contributed by atoms with Crippen LogP contribution in [0.25, 0.3) is 0 Å². The van der Waals surface area contributed by atoms with Crippen molar-refractivity contribution < 1.29 is 31.5 Å². The minimum Gasteiger partial charge on any atom is -0.497 e. The van der Waals surface area contributed by atoms with Gasteiger partial charge in [-0.1, -0.05) is 19.1 Å². The Morgan fingerprint density at radius 3 is 2.31 bits per heavy atom. The average molecular weight is 526 g/mol. The molecule has 2 aromatic carbocycles. The maximum atomic E-state index is 13.7. The molecule has 1 N–H and O–H groups in total. The van der Waals surface area contributed by atoms with Crippen molar-refractivity contribution >= 4 is 27.5 Å². The summed E-state index contributed by atoms with van der Waals surface area (Å²) in [4.78, 5) is 27.3. The van der Waals surface area contributed by atoms with Crippen LogP contribution in [-0.2, 0) is 26.2 Å². The lowest BCUT2D eigenvalue weighted by molar-refractivity contribution is -0.140. The maximum Gasteiger partial charge on any atom is 0.242 e. The zero-order valence-electron chi connectivity index (χ0n) is 21.0. The monoisotopic (exact) mass is 525 g/mol. The fourth-order valence-corrected chi connectivity index (χ4v) is 4.51. The molecule has 0 fully saturated rings. The van der Waals surface area contributed by atoms with Gasteiger partial charge in [0, 0.05) is 32.1 Å². The van der Waals surface area contributed by atoms with Gasteiger partial charge < -0.3 is 15.0 Å². The van der Waals surface area contributed by atoms with Crippen LogP contribution >= 0.6 is 0 Å². The Labute approximate surface area is 211 Å². The van der Waals surface area contributed by atoms with E-state index in [4.69, 9.17) is 4.74 Å². The second-order valence-corrected chi connectivity index (χ2v) is 10.3. The molecule has 198 valence electrons. The zero-order valence-corrected chi connectivity index (χ0v) is 21.8. The molecular formula is C25H33F2N3O5S. The van der Waals surface area contributed by atoms with E-state index in [2.05, 4.69) is 5.32 Å². The van der Waals surface area contributed by atoms with Gasteiger partial charge in [-0.2, -0.15) is 0 Å². The highest BCUT2D eigenvalue weighted by molar-refractivity contribution is 7.92. The second-order valence-electron chi connectivity index (χ2n) is 8.37. The Morgan fingerprint density at radius 2 is 1.75 bits per heavy atom. The van der Waals surface area contributed by atoms with Crippen LogP contribution in [0.4, 0.5) is 14.5 Å². The number of amides is 2. The molecule has 36 heavy (non-hydrogen) atoms. The Balaban J connectivity index is 2.17. The highest BCUT2D eigenvalue weighted by atomic mass is 32.2. The van der Waals surface area contributed by atoms with E-state index in [9.17, 15) is 26.8 Å². The predicted molar refractivity (Wildman–Crippen MR) is 134 cm³/mol. The van der Waals surface area contributed by atoms with Crippen LogP contribution in [0.15, 0.2) is 42.5 Å². The van der Waals surface area contributed by atoms with E-state index in [1.807, 2.05) is 6.92 Å². The number of carbonyl (C=O) groups is 2. The molecule has 0 aliphatic rings. The SMILES string of the molecule is CCCNC(=O)[C@@H](C)N(Cc1ccc(OC)cc1)C(=O)CCCN(c1ccc(F)c(F)c1)S(C)(=O)=O. The van der Waals surface area contributed by atoms with Crippen LogP contribution in [0.1, 0.15) is 38.7 Å². The molecule has 2 rings (SSSR count). The van der Waals surface area contributed by atoms with Crippen LogP contribution in [-0.4, -0.2) is 57.6 Å². The third kappa shape index (κ3) is 8.18. The molecule has 8 nitrogen and oxygen atoms in total. The zero-order chi connectivity index (χ0) is 26.9. The highest BCUT2D eigenvalue weighted by Gasteiger charge is 2.26. The molecule has 0 aliphatic carbocycles. The molecule has 0 aliphatic heterocycles. The van der Waals surface area contributed by atoms with Crippen LogP contribution in [0.3, 0.4) is 0 Å². The average Bonchev–Trinajstić information content (AvgIpc) is 2.84. The lowest BCUT2D eigenvalue weighted by atomic mass is 10.1. The number of hydrogen-bond donors (Lipinski definition) is 1. The van der Waals surface area contributed by atoms with E-state index < -0.39 is 27.7 Å². The van der Waals surface area contributed by atoms with Crippen LogP contribution < -0.4 is 14.4 Å². The van der Waals surface area contributed by atoms with Gasteiger partial charge >= 0.3 is 0 Å². The summed E-state index contributed by atoms with van der Waals surface area (Å²) in [6.45, 7) is 4.08. The van der Waals surface area contributed by atoms with Gasteiger partial charge in [-0.25, -0.2) is 17.2 Å². The molecule has 2 aromatic rings. The summed E-state index contributed by atoms with van der Waals surface area (Å²) in [5, 5.41) is 2.79. The van der Waals surface area contributed by atoms with Gasteiger partial charge in [0.1, 0.15) is 11.8 Å². The van der Waals surface area contributed by atoms with Crippen molar-refractivity contribution in [2.45, 2.75) is 45.7 Å². The number of nitrogens with one attached hydrogen (secondary N) is 1. The molecule has 0 heterocycles. The number of hydrogen-bond acceptors (Lipinski definition) is 5. The number of anilines is 1. The summed E-state index contributed by atoms with van der Waals surface area (Å²) >= 11 is 0. The van der Waals surface area contributed by atoms with Crippen LogP contribution in [0.5, 0.6) is 5.75 Å². The first-order valence-electron chi connectivity index (χ1n) is 11.6. The Hall–Kier alpha value is -3.21. The molecule has 1 atom stereocenters. The molecule has 0 saturated carbocycles. The molecule has 0 bridgehead atoms. The van der Waals surface area contributed by atoms with E-state index in [-0.39, 0.29) is 43.4 Å². The number of rotatable bonds is 13. The van der Waals surface area contributed by atoms with Gasteiger partial charge in [-0.15, -0.1) is 0 Å². The first kappa shape index (κ1) is 29.0. The standard InChI is InChI=1S/C25H33F2N3O5S/c1-5-14-28-25(32)18(2)29(17-19-8-11-21(35-3)12-9-19)24(31)7-6-15-30(36(4,33)34)20-10-13-22(26)23(27)16-20/h8-13,16,18H,5-7,14-15,17H2,1-4H3,(H,28,32)/t18-/m1/s1. The van der Waals surface area contributed by atoms with E-state index in [1.165, 1.54) is 4.90 Å². The summed E-state index contributed by atoms with van der Waals surface area (Å²) in [5.74, 6) is -2.24. The topological polar surface area (TPSA) is 96.0 Å². The van der Waals surface area contributed by atoms with Crippen molar-refractivity contribution in [2.75, 3.05) is 30.8 Å². The predicted octanol–water partition coefficient (Wildman–Crippen LogP) is 3.46. The molecular weight excluding hydrogens is 492 g/mol. The molecule has 0 aromatic heterocycles. The van der Waals surface area contributed by atoms with Crippen molar-refractivity contribution in [1.29, 1.82) is 0 Å². The van der Waals surface area contributed by atoms with Gasteiger partial charge in [0.2, 0.25) is 21.8 Å². The number of methoxy groups -OCH3 is 1. The van der Waals surface area contributed by atoms with Gasteiger partial charge in [0.25, 0.3) is 0 Å². The minimum atomic E-state index is -3.82. The van der Waals surface area contributed by atoms with Gasteiger partial charge in [-0.3, -0.25) is 13.9 Å². The second kappa shape index (κ2) is 13.2. The van der Waals surface area contributed by atoms with E-state index in [0.29, 0.717) is 12.3 Å². The van der Waals surface area contributed by atoms with Gasteiger partial charge in [0.15, 0.2) is 11.6 Å². The first-order chi connectivity index (χ1) is 17.0. The number of ether oxygens (including phenoxy) is 1. The van der Waals surface area contributed by atoms with E-state index >= 15 is 0 Å². The summed E-state index contributed by atoms with van der Waals surface area (Å²) in [5.41, 5.74) is 0.755. The lowest BCUT2D eigenvalue weighted by Crippen LogP contribution is -2.47. The number of carbonyl (C=O) groups excluding carboxylic acids is 2. The Kier molecular flexibility index (Phi) is 10.6. The third-order valence-corrected chi connectivity index (χ3v) is 6.77. The Morgan fingerprint density at radius 1 is 1.08 bits per heavy atom. The normalized spacial score (nSPS) is 12.1. The lowest BCUT2D eigenvalue weighted by Gasteiger charge is -2.29. The minimum absolute atomic E-state index is 0.0359. The molecule has 11 heteroatoms. The van der Waals surface area contributed by atoms with Gasteiger partial charge in [-0.05, 0) is 49.6 Å². The van der Waals surface area contributed by atoms with Crippen molar-refractivity contribution in [3.05, 3.63) is 59.7 Å². The number of sulfonamides is 1. The summed E-state index contributed by atoms with van der Waals surface area (Å²) in [6, 6.07) is 9.15.